The van der Waals surface area contributed by atoms with E-state index in [4.69, 9.17) is 16.3 Å². The highest BCUT2D eigenvalue weighted by Crippen LogP contribution is 2.29. The van der Waals surface area contributed by atoms with Gasteiger partial charge in [0, 0.05) is 10.6 Å². The molecule has 1 amide bonds. The van der Waals surface area contributed by atoms with Gasteiger partial charge >= 0.3 is 0 Å². The maximum absolute atomic E-state index is 13.3. The number of hydrogen-bond donors (Lipinski definition) is 0. The minimum Gasteiger partial charge on any atom is -0.497 e. The molecular weight excluding hydrogens is 384 g/mol. The summed E-state index contributed by atoms with van der Waals surface area (Å²) < 4.78 is 5.20. The number of rotatable bonds is 4. The van der Waals surface area contributed by atoms with Gasteiger partial charge in [-0.1, -0.05) is 53.6 Å². The minimum atomic E-state index is -0.182. The molecular formula is C24H19ClN2O2. The molecule has 1 heterocycles. The van der Waals surface area contributed by atoms with Crippen LogP contribution in [0.5, 0.6) is 5.75 Å². The van der Waals surface area contributed by atoms with Crippen LogP contribution >= 0.6 is 11.6 Å². The molecule has 0 saturated heterocycles. The third kappa shape index (κ3) is 3.93. The van der Waals surface area contributed by atoms with Crippen molar-refractivity contribution < 1.29 is 9.53 Å². The van der Waals surface area contributed by atoms with Crippen molar-refractivity contribution in [2.45, 2.75) is 6.92 Å². The van der Waals surface area contributed by atoms with Crippen LogP contribution in [-0.4, -0.2) is 18.9 Å². The molecule has 3 aromatic carbocycles. The van der Waals surface area contributed by atoms with E-state index in [9.17, 15) is 4.79 Å². The molecule has 3 aromatic rings. The fraction of sp³-hybridized carbons (Fsp3) is 0.0833. The van der Waals surface area contributed by atoms with E-state index < -0.39 is 0 Å². The van der Waals surface area contributed by atoms with Gasteiger partial charge in [-0.05, 0) is 55.0 Å². The topological polar surface area (TPSA) is 41.9 Å². The van der Waals surface area contributed by atoms with Crippen molar-refractivity contribution in [2.24, 2.45) is 4.99 Å². The third-order valence-corrected chi connectivity index (χ3v) is 4.93. The lowest BCUT2D eigenvalue weighted by molar-refractivity contribution is -0.113. The second-order valence-electron chi connectivity index (χ2n) is 6.72. The van der Waals surface area contributed by atoms with Crippen molar-refractivity contribution >= 4 is 35.1 Å². The Hall–Kier alpha value is -3.37. The van der Waals surface area contributed by atoms with Gasteiger partial charge in [0.25, 0.3) is 5.91 Å². The average Bonchev–Trinajstić information content (AvgIpc) is 3.06. The van der Waals surface area contributed by atoms with Crippen LogP contribution in [0.1, 0.15) is 16.7 Å². The number of aliphatic imine (C=N–C) groups is 1. The van der Waals surface area contributed by atoms with E-state index in [2.05, 4.69) is 4.99 Å². The number of carbonyl (C=O) groups is 1. The number of amidine groups is 1. The molecule has 0 fully saturated rings. The zero-order valence-corrected chi connectivity index (χ0v) is 16.9. The predicted molar refractivity (Wildman–Crippen MR) is 118 cm³/mol. The van der Waals surface area contributed by atoms with E-state index in [0.717, 1.165) is 28.1 Å². The molecule has 0 atom stereocenters. The summed E-state index contributed by atoms with van der Waals surface area (Å²) in [4.78, 5) is 19.6. The molecule has 144 valence electrons. The Bertz CT molecular complexity index is 1100. The molecule has 4 rings (SSSR count). The summed E-state index contributed by atoms with van der Waals surface area (Å²) in [6, 6.07) is 22.6. The molecule has 0 N–H and O–H groups in total. The van der Waals surface area contributed by atoms with Gasteiger partial charge in [-0.3, -0.25) is 9.69 Å². The van der Waals surface area contributed by atoms with E-state index in [1.807, 2.05) is 67.6 Å². The lowest BCUT2D eigenvalue weighted by atomic mass is 10.1. The lowest BCUT2D eigenvalue weighted by Crippen LogP contribution is -2.32. The maximum atomic E-state index is 13.3. The number of anilines is 1. The summed E-state index contributed by atoms with van der Waals surface area (Å²) in [7, 11) is 1.62. The zero-order chi connectivity index (χ0) is 20.4. The summed E-state index contributed by atoms with van der Waals surface area (Å²) in [5, 5.41) is 0.614. The number of methoxy groups -OCH3 is 1. The van der Waals surface area contributed by atoms with Crippen LogP contribution in [0, 0.1) is 6.92 Å². The van der Waals surface area contributed by atoms with E-state index in [1.54, 1.807) is 30.2 Å². The van der Waals surface area contributed by atoms with Crippen molar-refractivity contribution in [2.75, 3.05) is 12.0 Å². The Morgan fingerprint density at radius 2 is 1.59 bits per heavy atom. The second-order valence-corrected chi connectivity index (χ2v) is 7.16. The molecule has 0 aliphatic carbocycles. The summed E-state index contributed by atoms with van der Waals surface area (Å²) in [6.45, 7) is 2.03. The van der Waals surface area contributed by atoms with Crippen LogP contribution in [0.3, 0.4) is 0 Å². The molecule has 1 aliphatic rings. The zero-order valence-electron chi connectivity index (χ0n) is 16.1. The highest BCUT2D eigenvalue weighted by molar-refractivity contribution is 6.33. The number of amides is 1. The van der Waals surface area contributed by atoms with Crippen molar-refractivity contribution in [3.05, 3.63) is 100 Å². The van der Waals surface area contributed by atoms with E-state index in [0.29, 0.717) is 16.6 Å². The number of benzene rings is 3. The number of hydrogen-bond acceptors (Lipinski definition) is 3. The Morgan fingerprint density at radius 1 is 0.931 bits per heavy atom. The first-order valence-electron chi connectivity index (χ1n) is 9.16. The summed E-state index contributed by atoms with van der Waals surface area (Å²) in [5.41, 5.74) is 3.99. The summed E-state index contributed by atoms with van der Waals surface area (Å²) >= 11 is 6.03. The molecule has 0 radical (unpaired) electrons. The highest BCUT2D eigenvalue weighted by Gasteiger charge is 2.32. The van der Waals surface area contributed by atoms with Crippen molar-refractivity contribution in [3.8, 4) is 5.75 Å². The first kappa shape index (κ1) is 19.0. The van der Waals surface area contributed by atoms with Crippen LogP contribution in [0.15, 0.2) is 83.5 Å². The van der Waals surface area contributed by atoms with Crippen LogP contribution in [0.2, 0.25) is 5.02 Å². The molecule has 0 aromatic heterocycles. The Kier molecular flexibility index (Phi) is 5.19. The standard InChI is InChI=1S/C24H19ClN2O2/c1-16-3-7-18(8-4-16)23-26-22(15-17-5-13-21(29-2)14-6-17)24(28)27(23)20-11-9-19(25)10-12-20/h3-15H,1-2H3/b22-15+. The van der Waals surface area contributed by atoms with Crippen molar-refractivity contribution in [1.29, 1.82) is 0 Å². The fourth-order valence-electron chi connectivity index (χ4n) is 3.10. The van der Waals surface area contributed by atoms with Gasteiger partial charge in [0.15, 0.2) is 0 Å². The number of nitrogens with zero attached hydrogens (tertiary/aromatic N) is 2. The lowest BCUT2D eigenvalue weighted by Gasteiger charge is -2.18. The molecule has 29 heavy (non-hydrogen) atoms. The Balaban J connectivity index is 1.78. The van der Waals surface area contributed by atoms with Crippen LogP contribution in [0.4, 0.5) is 5.69 Å². The molecule has 1 aliphatic heterocycles. The number of carbonyl (C=O) groups excluding carboxylic acids is 1. The predicted octanol–water partition coefficient (Wildman–Crippen LogP) is 5.49. The van der Waals surface area contributed by atoms with Crippen molar-refractivity contribution in [1.82, 2.24) is 0 Å². The monoisotopic (exact) mass is 402 g/mol. The smallest absolute Gasteiger partial charge is 0.282 e. The Morgan fingerprint density at radius 3 is 2.21 bits per heavy atom. The number of halogens is 1. The molecule has 4 nitrogen and oxygen atoms in total. The largest absolute Gasteiger partial charge is 0.497 e. The Labute approximate surface area is 174 Å². The van der Waals surface area contributed by atoms with Gasteiger partial charge in [0.05, 0.1) is 12.8 Å². The number of ether oxygens (including phenoxy) is 1. The van der Waals surface area contributed by atoms with Crippen LogP contribution in [0.25, 0.3) is 6.08 Å². The number of aryl methyl sites for hydroxylation is 1. The van der Waals surface area contributed by atoms with Gasteiger partial charge in [-0.15, -0.1) is 0 Å². The molecule has 0 saturated carbocycles. The normalized spacial score (nSPS) is 15.0. The van der Waals surface area contributed by atoms with Gasteiger partial charge in [-0.25, -0.2) is 4.99 Å². The third-order valence-electron chi connectivity index (χ3n) is 4.67. The summed E-state index contributed by atoms with van der Waals surface area (Å²) in [5.74, 6) is 1.17. The van der Waals surface area contributed by atoms with E-state index in [1.165, 1.54) is 0 Å². The fourth-order valence-corrected chi connectivity index (χ4v) is 3.23. The van der Waals surface area contributed by atoms with E-state index in [-0.39, 0.29) is 5.91 Å². The summed E-state index contributed by atoms with van der Waals surface area (Å²) in [6.07, 6.45) is 1.78. The van der Waals surface area contributed by atoms with Crippen molar-refractivity contribution in [3.63, 3.8) is 0 Å². The average molecular weight is 403 g/mol. The minimum absolute atomic E-state index is 0.182. The molecule has 5 heteroatoms. The van der Waals surface area contributed by atoms with Gasteiger partial charge < -0.3 is 4.74 Å². The first-order valence-corrected chi connectivity index (χ1v) is 9.54. The quantitative estimate of drug-likeness (QED) is 0.541. The molecule has 0 bridgehead atoms. The van der Waals surface area contributed by atoms with Gasteiger partial charge in [0.2, 0.25) is 0 Å². The van der Waals surface area contributed by atoms with Gasteiger partial charge in [0.1, 0.15) is 17.3 Å². The van der Waals surface area contributed by atoms with Gasteiger partial charge in [-0.2, -0.15) is 0 Å². The SMILES string of the molecule is COc1ccc(/C=C2/N=C(c3ccc(C)cc3)N(c3ccc(Cl)cc3)C2=O)cc1. The highest BCUT2D eigenvalue weighted by atomic mass is 35.5. The maximum Gasteiger partial charge on any atom is 0.282 e. The van der Waals surface area contributed by atoms with E-state index >= 15 is 0 Å². The van der Waals surface area contributed by atoms with Crippen LogP contribution in [-0.2, 0) is 4.79 Å². The van der Waals surface area contributed by atoms with Crippen LogP contribution < -0.4 is 9.64 Å². The molecule has 0 unspecified atom stereocenters. The second kappa shape index (κ2) is 7.94. The molecule has 0 spiro atoms. The first-order chi connectivity index (χ1) is 14.0.